The van der Waals surface area contributed by atoms with E-state index in [0.717, 1.165) is 11.4 Å². The number of aromatic amines is 1. The van der Waals surface area contributed by atoms with Crippen LogP contribution in [0.4, 0.5) is 5.69 Å². The predicted octanol–water partition coefficient (Wildman–Crippen LogP) is 2.15. The van der Waals surface area contributed by atoms with Crippen LogP contribution in [0.2, 0.25) is 0 Å². The van der Waals surface area contributed by atoms with Crippen LogP contribution in [0.1, 0.15) is 25.2 Å². The Bertz CT molecular complexity index is 470. The van der Waals surface area contributed by atoms with Crippen LogP contribution in [0.5, 0.6) is 0 Å². The monoisotopic (exact) mass is 286 g/mol. The Balaban J connectivity index is 3.12. The van der Waals surface area contributed by atoms with Crippen LogP contribution in [-0.2, 0) is 14.3 Å². The Kier molecular flexibility index (Phi) is 5.42. The topological polar surface area (TPSA) is 62.4 Å². The van der Waals surface area contributed by atoms with E-state index in [1.807, 2.05) is 19.9 Å². The molecule has 0 aliphatic rings. The van der Waals surface area contributed by atoms with Gasteiger partial charge in [-0.05, 0) is 33.8 Å². The van der Waals surface area contributed by atoms with Crippen molar-refractivity contribution in [3.63, 3.8) is 0 Å². The number of nitrogens with zero attached hydrogens (tertiary/aromatic N) is 1. The fraction of sp³-hybridized carbons (Fsp3) is 0.538. The van der Waals surface area contributed by atoms with E-state index >= 15 is 0 Å². The second kappa shape index (κ2) is 6.61. The summed E-state index contributed by atoms with van der Waals surface area (Å²) in [5.74, 6) is -0.962. The molecule has 19 heavy (non-hydrogen) atoms. The quantitative estimate of drug-likeness (QED) is 0.666. The number of alkyl halides is 1. The molecule has 0 radical (unpaired) electrons. The fourth-order valence-electron chi connectivity index (χ4n) is 1.95. The van der Waals surface area contributed by atoms with Gasteiger partial charge in [0.15, 0.2) is 0 Å². The molecule has 1 atom stereocenters. The van der Waals surface area contributed by atoms with Crippen molar-refractivity contribution in [2.24, 2.45) is 0 Å². The zero-order valence-corrected chi connectivity index (χ0v) is 12.4. The Morgan fingerprint density at radius 3 is 2.53 bits per heavy atom. The van der Waals surface area contributed by atoms with E-state index in [1.54, 1.807) is 13.8 Å². The van der Waals surface area contributed by atoms with Crippen LogP contribution >= 0.6 is 11.6 Å². The van der Waals surface area contributed by atoms with Crippen molar-refractivity contribution in [2.45, 2.75) is 33.7 Å². The lowest BCUT2D eigenvalue weighted by Crippen LogP contribution is -2.45. The van der Waals surface area contributed by atoms with Crippen molar-refractivity contribution >= 4 is 29.2 Å². The van der Waals surface area contributed by atoms with E-state index in [2.05, 4.69) is 4.98 Å². The van der Waals surface area contributed by atoms with Crippen molar-refractivity contribution in [3.05, 3.63) is 17.5 Å². The van der Waals surface area contributed by atoms with E-state index in [1.165, 1.54) is 4.90 Å². The highest BCUT2D eigenvalue weighted by atomic mass is 35.5. The number of aryl methyl sites for hydroxylation is 2. The predicted molar refractivity (Wildman–Crippen MR) is 74.6 cm³/mol. The van der Waals surface area contributed by atoms with Gasteiger partial charge in [0, 0.05) is 11.4 Å². The molecule has 0 spiro atoms. The Morgan fingerprint density at radius 1 is 1.47 bits per heavy atom. The molecule has 1 amide bonds. The molecule has 5 nitrogen and oxygen atoms in total. The number of carbonyl (C=O) groups is 2. The molecule has 1 rings (SSSR count). The van der Waals surface area contributed by atoms with Gasteiger partial charge in [0.25, 0.3) is 0 Å². The van der Waals surface area contributed by atoms with Gasteiger partial charge in [0.05, 0.1) is 12.3 Å². The van der Waals surface area contributed by atoms with Gasteiger partial charge in [-0.15, -0.1) is 11.6 Å². The number of rotatable bonds is 5. The van der Waals surface area contributed by atoms with Gasteiger partial charge < -0.3 is 9.72 Å². The summed E-state index contributed by atoms with van der Waals surface area (Å²) in [6.07, 6.45) is 0. The highest BCUT2D eigenvalue weighted by molar-refractivity contribution is 6.29. The number of carbonyl (C=O) groups excluding carboxylic acids is 2. The number of H-pyrrole nitrogens is 1. The molecule has 1 heterocycles. The Morgan fingerprint density at radius 2 is 2.11 bits per heavy atom. The average Bonchev–Trinajstić information content (AvgIpc) is 2.68. The van der Waals surface area contributed by atoms with Crippen molar-refractivity contribution in [2.75, 3.05) is 17.4 Å². The van der Waals surface area contributed by atoms with E-state index in [0.29, 0.717) is 5.69 Å². The third-order valence-electron chi connectivity index (χ3n) is 2.78. The number of anilines is 1. The number of nitrogens with one attached hydrogen (secondary N) is 1. The van der Waals surface area contributed by atoms with Crippen LogP contribution in [0.15, 0.2) is 6.07 Å². The third kappa shape index (κ3) is 3.50. The van der Waals surface area contributed by atoms with E-state index in [-0.39, 0.29) is 18.4 Å². The first-order chi connectivity index (χ1) is 8.92. The zero-order valence-electron chi connectivity index (χ0n) is 11.6. The molecule has 6 heteroatoms. The van der Waals surface area contributed by atoms with Gasteiger partial charge in [0.2, 0.25) is 5.91 Å². The van der Waals surface area contributed by atoms with Crippen LogP contribution in [-0.4, -0.2) is 35.4 Å². The number of amides is 1. The maximum atomic E-state index is 12.0. The second-order valence-electron chi connectivity index (χ2n) is 4.29. The van der Waals surface area contributed by atoms with E-state index in [9.17, 15) is 9.59 Å². The van der Waals surface area contributed by atoms with Gasteiger partial charge in [-0.1, -0.05) is 0 Å². The smallest absolute Gasteiger partial charge is 0.328 e. The molecule has 0 saturated carbocycles. The van der Waals surface area contributed by atoms with E-state index in [4.69, 9.17) is 16.3 Å². The molecule has 0 aliphatic carbocycles. The van der Waals surface area contributed by atoms with Crippen molar-refractivity contribution in [1.82, 2.24) is 4.98 Å². The molecule has 0 bridgehead atoms. The number of hydrogen-bond donors (Lipinski definition) is 1. The molecule has 1 aromatic rings. The lowest BCUT2D eigenvalue weighted by molar-refractivity contribution is -0.145. The zero-order chi connectivity index (χ0) is 14.6. The minimum Gasteiger partial charge on any atom is -0.464 e. The first-order valence-corrected chi connectivity index (χ1v) is 6.66. The minimum atomic E-state index is -0.708. The molecular formula is C13H19ClN2O3. The molecular weight excluding hydrogens is 268 g/mol. The van der Waals surface area contributed by atoms with Crippen LogP contribution in [0.25, 0.3) is 0 Å². The molecule has 1 N–H and O–H groups in total. The number of halogens is 1. The van der Waals surface area contributed by atoms with Crippen LogP contribution in [0.3, 0.4) is 0 Å². The molecule has 0 fully saturated rings. The van der Waals surface area contributed by atoms with Gasteiger partial charge in [0.1, 0.15) is 11.9 Å². The molecule has 1 unspecified atom stereocenters. The summed E-state index contributed by atoms with van der Waals surface area (Å²) in [5.41, 5.74) is 2.38. The fourth-order valence-corrected chi connectivity index (χ4v) is 2.08. The van der Waals surface area contributed by atoms with E-state index < -0.39 is 12.0 Å². The molecule has 0 aliphatic heterocycles. The maximum absolute atomic E-state index is 12.0. The highest BCUT2D eigenvalue weighted by Crippen LogP contribution is 2.24. The summed E-state index contributed by atoms with van der Waals surface area (Å²) in [6, 6.07) is 1.11. The Labute approximate surface area is 117 Å². The molecule has 0 saturated heterocycles. The lowest BCUT2D eigenvalue weighted by Gasteiger charge is -2.27. The van der Waals surface area contributed by atoms with Crippen molar-refractivity contribution in [3.8, 4) is 0 Å². The summed E-state index contributed by atoms with van der Waals surface area (Å²) in [6.45, 7) is 7.36. The third-order valence-corrected chi connectivity index (χ3v) is 3.01. The maximum Gasteiger partial charge on any atom is 0.328 e. The average molecular weight is 287 g/mol. The van der Waals surface area contributed by atoms with Crippen molar-refractivity contribution in [1.29, 1.82) is 0 Å². The van der Waals surface area contributed by atoms with Gasteiger partial charge in [-0.25, -0.2) is 4.79 Å². The summed E-state index contributed by atoms with van der Waals surface area (Å²) >= 11 is 5.63. The highest BCUT2D eigenvalue weighted by Gasteiger charge is 2.29. The lowest BCUT2D eigenvalue weighted by atomic mass is 10.2. The van der Waals surface area contributed by atoms with Gasteiger partial charge in [-0.3, -0.25) is 9.69 Å². The van der Waals surface area contributed by atoms with Crippen LogP contribution < -0.4 is 4.90 Å². The first kappa shape index (κ1) is 15.6. The number of hydrogen-bond acceptors (Lipinski definition) is 3. The summed E-state index contributed by atoms with van der Waals surface area (Å²) in [7, 11) is 0. The molecule has 106 valence electrons. The summed E-state index contributed by atoms with van der Waals surface area (Å²) in [4.78, 5) is 28.3. The van der Waals surface area contributed by atoms with Gasteiger partial charge in [-0.2, -0.15) is 0 Å². The normalized spacial score (nSPS) is 12.1. The minimum absolute atomic E-state index is 0.187. The summed E-state index contributed by atoms with van der Waals surface area (Å²) < 4.78 is 4.96. The standard InChI is InChI=1S/C13H19ClN2O3/c1-5-19-13(18)10(4)16(12(17)7-14)11-6-8(2)15-9(11)3/h6,10,15H,5,7H2,1-4H3. The Hall–Kier alpha value is -1.49. The summed E-state index contributed by atoms with van der Waals surface area (Å²) in [5, 5.41) is 0. The molecule has 1 aromatic heterocycles. The SMILES string of the molecule is CCOC(=O)C(C)N(C(=O)CCl)c1cc(C)[nH]c1C. The second-order valence-corrected chi connectivity index (χ2v) is 4.56. The molecule has 0 aromatic carbocycles. The van der Waals surface area contributed by atoms with Gasteiger partial charge >= 0.3 is 5.97 Å². The van der Waals surface area contributed by atoms with Crippen LogP contribution in [0, 0.1) is 13.8 Å². The number of ether oxygens (including phenoxy) is 1. The number of aromatic nitrogens is 1. The largest absolute Gasteiger partial charge is 0.464 e. The first-order valence-electron chi connectivity index (χ1n) is 6.13. The number of esters is 1. The van der Waals surface area contributed by atoms with Crippen molar-refractivity contribution < 1.29 is 14.3 Å².